The maximum absolute atomic E-state index is 13.7. The summed E-state index contributed by atoms with van der Waals surface area (Å²) in [6, 6.07) is 16.9. The molecule has 1 atom stereocenters. The minimum absolute atomic E-state index is 0.0380. The van der Waals surface area contributed by atoms with Crippen LogP contribution in [-0.4, -0.2) is 39.4 Å². The van der Waals surface area contributed by atoms with Crippen molar-refractivity contribution in [3.05, 3.63) is 89.4 Å². The number of hydrogen-bond donors (Lipinski definition) is 2. The Balaban J connectivity index is 1.60. The van der Waals surface area contributed by atoms with Crippen molar-refractivity contribution in [3.8, 4) is 22.9 Å². The maximum Gasteiger partial charge on any atom is 0.255 e. The molecule has 1 amide bonds. The summed E-state index contributed by atoms with van der Waals surface area (Å²) in [5.74, 6) is 2.04. The van der Waals surface area contributed by atoms with E-state index in [1.807, 2.05) is 44.2 Å². The van der Waals surface area contributed by atoms with E-state index in [4.69, 9.17) is 19.6 Å². The van der Waals surface area contributed by atoms with Crippen LogP contribution in [-0.2, 0) is 10.2 Å². The highest BCUT2D eigenvalue weighted by Gasteiger charge is 2.35. The van der Waals surface area contributed by atoms with E-state index in [0.29, 0.717) is 46.8 Å². The molecule has 9 nitrogen and oxygen atoms in total. The van der Waals surface area contributed by atoms with Gasteiger partial charge >= 0.3 is 0 Å². The van der Waals surface area contributed by atoms with E-state index in [1.165, 1.54) is 5.56 Å². The Morgan fingerprint density at radius 3 is 2.52 bits per heavy atom. The van der Waals surface area contributed by atoms with Crippen molar-refractivity contribution >= 4 is 17.5 Å². The molecule has 2 aromatic carbocycles. The van der Waals surface area contributed by atoms with Crippen molar-refractivity contribution in [2.75, 3.05) is 24.4 Å². The number of allylic oxidation sites excluding steroid dienone is 1. The van der Waals surface area contributed by atoms with Crippen molar-refractivity contribution in [1.82, 2.24) is 19.7 Å². The van der Waals surface area contributed by atoms with Gasteiger partial charge in [0.2, 0.25) is 5.95 Å². The summed E-state index contributed by atoms with van der Waals surface area (Å²) in [6.07, 6.45) is 3.27. The van der Waals surface area contributed by atoms with Gasteiger partial charge in [-0.25, -0.2) is 4.68 Å². The SMILES string of the molecule is CCOc1ccc(C2C(C(=O)Nc3cccnc3)=C(C)Nc3nc(-c4ccc(C(C)(C)C)cc4)nn32)cc1OC. The van der Waals surface area contributed by atoms with Crippen LogP contribution >= 0.6 is 0 Å². The van der Waals surface area contributed by atoms with Crippen molar-refractivity contribution in [3.63, 3.8) is 0 Å². The number of aromatic nitrogens is 4. The Hall–Kier alpha value is -4.66. The predicted octanol–water partition coefficient (Wildman–Crippen LogP) is 5.97. The van der Waals surface area contributed by atoms with E-state index >= 15 is 0 Å². The number of hydrogen-bond acceptors (Lipinski definition) is 7. The van der Waals surface area contributed by atoms with Crippen LogP contribution in [0.4, 0.5) is 11.6 Å². The van der Waals surface area contributed by atoms with Crippen molar-refractivity contribution in [1.29, 1.82) is 0 Å². The third kappa shape index (κ3) is 5.27. The summed E-state index contributed by atoms with van der Waals surface area (Å²) < 4.78 is 13.1. The minimum atomic E-state index is -0.576. The highest BCUT2D eigenvalue weighted by atomic mass is 16.5. The standard InChI is InChI=1S/C31H34N6O3/c1-7-40-24-15-12-21(17-25(24)39-6)27-26(29(38)34-23-9-8-16-32-18-23)19(2)33-30-35-28(36-37(27)30)20-10-13-22(14-11-20)31(3,4)5/h8-18,27H,7H2,1-6H3,(H,34,38)(H,33,35,36). The fourth-order valence-corrected chi connectivity index (χ4v) is 4.76. The van der Waals surface area contributed by atoms with Gasteiger partial charge in [0, 0.05) is 17.5 Å². The number of nitrogens with one attached hydrogen (secondary N) is 2. The van der Waals surface area contributed by atoms with Crippen molar-refractivity contribution in [2.24, 2.45) is 0 Å². The lowest BCUT2D eigenvalue weighted by molar-refractivity contribution is -0.113. The Bertz CT molecular complexity index is 1550. The molecule has 0 aliphatic carbocycles. The van der Waals surface area contributed by atoms with Gasteiger partial charge in [-0.3, -0.25) is 9.78 Å². The van der Waals surface area contributed by atoms with E-state index in [-0.39, 0.29) is 11.3 Å². The molecule has 0 saturated heterocycles. The molecule has 5 rings (SSSR count). The largest absolute Gasteiger partial charge is 0.493 e. The third-order valence-corrected chi connectivity index (χ3v) is 6.83. The smallest absolute Gasteiger partial charge is 0.255 e. The Morgan fingerprint density at radius 1 is 1.10 bits per heavy atom. The zero-order valence-electron chi connectivity index (χ0n) is 23.6. The molecule has 3 heterocycles. The number of benzene rings is 2. The molecule has 1 unspecified atom stereocenters. The molecule has 0 bridgehead atoms. The van der Waals surface area contributed by atoms with Crippen molar-refractivity contribution < 1.29 is 14.3 Å². The number of carbonyl (C=O) groups is 1. The zero-order chi connectivity index (χ0) is 28.4. The number of carbonyl (C=O) groups excluding carboxylic acids is 1. The number of pyridine rings is 1. The first-order valence-corrected chi connectivity index (χ1v) is 13.3. The number of anilines is 2. The molecule has 2 N–H and O–H groups in total. The quantitative estimate of drug-likeness (QED) is 0.299. The number of fused-ring (bicyclic) bond motifs is 1. The molecular weight excluding hydrogens is 504 g/mol. The van der Waals surface area contributed by atoms with E-state index in [9.17, 15) is 4.79 Å². The lowest BCUT2D eigenvalue weighted by Crippen LogP contribution is -2.31. The first-order valence-electron chi connectivity index (χ1n) is 13.3. The van der Waals surface area contributed by atoms with Gasteiger partial charge in [0.05, 0.1) is 31.2 Å². The summed E-state index contributed by atoms with van der Waals surface area (Å²) in [4.78, 5) is 22.7. The predicted molar refractivity (Wildman–Crippen MR) is 156 cm³/mol. The van der Waals surface area contributed by atoms with E-state index in [1.54, 1.807) is 36.3 Å². The zero-order valence-corrected chi connectivity index (χ0v) is 23.6. The summed E-state index contributed by atoms with van der Waals surface area (Å²) in [5.41, 5.74) is 4.73. The van der Waals surface area contributed by atoms with Gasteiger partial charge in [0.1, 0.15) is 6.04 Å². The van der Waals surface area contributed by atoms with Crippen molar-refractivity contribution in [2.45, 2.75) is 46.1 Å². The van der Waals surface area contributed by atoms with Gasteiger partial charge in [-0.05, 0) is 54.7 Å². The second-order valence-electron chi connectivity index (χ2n) is 10.6. The molecule has 0 saturated carbocycles. The van der Waals surface area contributed by atoms with Crippen LogP contribution < -0.4 is 20.1 Å². The molecule has 206 valence electrons. The van der Waals surface area contributed by atoms with Crippen LogP contribution in [0, 0.1) is 0 Å². The Labute approximate surface area is 234 Å². The van der Waals surface area contributed by atoms with Crippen LogP contribution in [0.3, 0.4) is 0 Å². The Kier molecular flexibility index (Phi) is 7.30. The summed E-state index contributed by atoms with van der Waals surface area (Å²) in [5, 5.41) is 11.2. The lowest BCUT2D eigenvalue weighted by Gasteiger charge is -2.29. The van der Waals surface area contributed by atoms with Gasteiger partial charge in [-0.2, -0.15) is 4.98 Å². The molecule has 40 heavy (non-hydrogen) atoms. The van der Waals surface area contributed by atoms with Crippen LogP contribution in [0.5, 0.6) is 11.5 Å². The lowest BCUT2D eigenvalue weighted by atomic mass is 9.87. The summed E-state index contributed by atoms with van der Waals surface area (Å²) >= 11 is 0. The molecule has 0 spiro atoms. The molecule has 9 heteroatoms. The number of ether oxygens (including phenoxy) is 2. The van der Waals surface area contributed by atoms with E-state index < -0.39 is 6.04 Å². The highest BCUT2D eigenvalue weighted by Crippen LogP contribution is 2.40. The molecule has 0 radical (unpaired) electrons. The second kappa shape index (κ2) is 10.8. The molecular formula is C31H34N6O3. The van der Waals surface area contributed by atoms with Crippen LogP contribution in [0.1, 0.15) is 51.8 Å². The van der Waals surface area contributed by atoms with Gasteiger partial charge in [0.25, 0.3) is 5.91 Å². The summed E-state index contributed by atoms with van der Waals surface area (Å²) in [7, 11) is 1.60. The number of amides is 1. The van der Waals surface area contributed by atoms with Gasteiger partial charge in [-0.15, -0.1) is 5.10 Å². The maximum atomic E-state index is 13.7. The third-order valence-electron chi connectivity index (χ3n) is 6.83. The normalized spacial score (nSPS) is 14.8. The fraction of sp³-hybridized carbons (Fsp3) is 0.290. The van der Waals surface area contributed by atoms with Gasteiger partial charge < -0.3 is 20.1 Å². The van der Waals surface area contributed by atoms with Crippen LogP contribution in [0.2, 0.25) is 0 Å². The highest BCUT2D eigenvalue weighted by molar-refractivity contribution is 6.06. The molecule has 1 aliphatic heterocycles. The number of methoxy groups -OCH3 is 1. The average Bonchev–Trinajstić information content (AvgIpc) is 3.36. The van der Waals surface area contributed by atoms with Crippen LogP contribution in [0.15, 0.2) is 78.3 Å². The average molecular weight is 539 g/mol. The van der Waals surface area contributed by atoms with Gasteiger partial charge in [-0.1, -0.05) is 51.1 Å². The minimum Gasteiger partial charge on any atom is -0.493 e. The topological polar surface area (TPSA) is 103 Å². The monoisotopic (exact) mass is 538 g/mol. The van der Waals surface area contributed by atoms with E-state index in [0.717, 1.165) is 11.1 Å². The molecule has 0 fully saturated rings. The number of rotatable bonds is 7. The molecule has 2 aromatic heterocycles. The fourth-order valence-electron chi connectivity index (χ4n) is 4.76. The van der Waals surface area contributed by atoms with Crippen LogP contribution in [0.25, 0.3) is 11.4 Å². The van der Waals surface area contributed by atoms with Gasteiger partial charge in [0.15, 0.2) is 17.3 Å². The summed E-state index contributed by atoms with van der Waals surface area (Å²) in [6.45, 7) is 10.8. The Morgan fingerprint density at radius 2 is 1.88 bits per heavy atom. The first-order chi connectivity index (χ1) is 19.2. The van der Waals surface area contributed by atoms with E-state index in [2.05, 4.69) is 48.5 Å². The second-order valence-corrected chi connectivity index (χ2v) is 10.6. The number of nitrogens with zero attached hydrogens (tertiary/aromatic N) is 4. The molecule has 4 aromatic rings. The first kappa shape index (κ1) is 26.9. The molecule has 1 aliphatic rings.